The number of thiazole rings is 1. The smallest absolute Gasteiger partial charge is 0.317 e. The molecule has 1 saturated heterocycles. The maximum Gasteiger partial charge on any atom is 0.317 e. The van der Waals surface area contributed by atoms with Crippen molar-refractivity contribution in [3.8, 4) is 17.4 Å². The fraction of sp³-hybridized carbons (Fsp3) is 0.348. The van der Waals surface area contributed by atoms with Gasteiger partial charge in [-0.05, 0) is 24.6 Å². The van der Waals surface area contributed by atoms with Crippen molar-refractivity contribution < 1.29 is 14.3 Å². The van der Waals surface area contributed by atoms with Crippen LogP contribution in [0.25, 0.3) is 0 Å². The lowest BCUT2D eigenvalue weighted by atomic mass is 10.3. The second-order valence-electron chi connectivity index (χ2n) is 7.57. The number of rotatable bonds is 7. The van der Waals surface area contributed by atoms with Gasteiger partial charge < -0.3 is 19.7 Å². The van der Waals surface area contributed by atoms with Crippen LogP contribution in [0.2, 0.25) is 0 Å². The fourth-order valence-electron chi connectivity index (χ4n) is 3.47. The average molecular weight is 454 g/mol. The summed E-state index contributed by atoms with van der Waals surface area (Å²) in [6, 6.07) is 11.0. The largest absolute Gasteiger partial charge is 0.497 e. The molecule has 0 aliphatic carbocycles. The van der Waals surface area contributed by atoms with Gasteiger partial charge in [0.1, 0.15) is 11.5 Å². The molecule has 168 valence electrons. The molecule has 1 N–H and O–H groups in total. The predicted octanol–water partition coefficient (Wildman–Crippen LogP) is 3.67. The fourth-order valence-corrected chi connectivity index (χ4v) is 4.07. The zero-order valence-electron chi connectivity index (χ0n) is 18.3. The highest BCUT2D eigenvalue weighted by molar-refractivity contribution is 7.09. The standard InChI is InChI=1S/C23H27N5O3S/c1-17-26-19(16-32-17)15-27-8-10-28(11-9-27)23(29)25-14-18-6-7-22(24-13-18)31-21-5-3-4-20(12-21)30-2/h3-7,12-13,16H,8-11,14-15H2,1-2H3,(H,25,29). The number of amides is 2. The summed E-state index contributed by atoms with van der Waals surface area (Å²) >= 11 is 1.68. The number of ether oxygens (including phenoxy) is 2. The van der Waals surface area contributed by atoms with E-state index in [-0.39, 0.29) is 6.03 Å². The molecule has 0 radical (unpaired) electrons. The number of hydrogen-bond acceptors (Lipinski definition) is 7. The number of benzene rings is 1. The molecule has 4 rings (SSSR count). The van der Waals surface area contributed by atoms with Crippen molar-refractivity contribution in [3.05, 3.63) is 64.2 Å². The highest BCUT2D eigenvalue weighted by Crippen LogP contribution is 2.23. The summed E-state index contributed by atoms with van der Waals surface area (Å²) in [6.07, 6.45) is 1.71. The van der Waals surface area contributed by atoms with Crippen LogP contribution in [0.5, 0.6) is 17.4 Å². The van der Waals surface area contributed by atoms with Crippen molar-refractivity contribution in [2.45, 2.75) is 20.0 Å². The highest BCUT2D eigenvalue weighted by Gasteiger charge is 2.21. The molecule has 9 heteroatoms. The third-order valence-corrected chi connectivity index (χ3v) is 6.04. The van der Waals surface area contributed by atoms with Gasteiger partial charge in [-0.15, -0.1) is 11.3 Å². The van der Waals surface area contributed by atoms with Crippen molar-refractivity contribution in [2.24, 2.45) is 0 Å². The van der Waals surface area contributed by atoms with E-state index in [1.54, 1.807) is 36.8 Å². The molecule has 0 spiro atoms. The van der Waals surface area contributed by atoms with E-state index in [4.69, 9.17) is 9.47 Å². The van der Waals surface area contributed by atoms with Crippen LogP contribution in [0.3, 0.4) is 0 Å². The van der Waals surface area contributed by atoms with E-state index in [1.807, 2.05) is 36.1 Å². The lowest BCUT2D eigenvalue weighted by molar-refractivity contribution is 0.134. The molecule has 0 saturated carbocycles. The van der Waals surface area contributed by atoms with Crippen LogP contribution < -0.4 is 14.8 Å². The topological polar surface area (TPSA) is 79.8 Å². The molecule has 0 bridgehead atoms. The maximum atomic E-state index is 12.5. The number of aryl methyl sites for hydroxylation is 1. The number of methoxy groups -OCH3 is 1. The lowest BCUT2D eigenvalue weighted by Crippen LogP contribution is -2.51. The summed E-state index contributed by atoms with van der Waals surface area (Å²) in [5, 5.41) is 6.18. The first-order valence-corrected chi connectivity index (χ1v) is 11.4. The Hall–Kier alpha value is -3.17. The molecular weight excluding hydrogens is 426 g/mol. The van der Waals surface area contributed by atoms with E-state index in [0.29, 0.717) is 31.3 Å². The van der Waals surface area contributed by atoms with Gasteiger partial charge in [-0.3, -0.25) is 4.90 Å². The lowest BCUT2D eigenvalue weighted by Gasteiger charge is -2.34. The van der Waals surface area contributed by atoms with Gasteiger partial charge in [0.25, 0.3) is 0 Å². The van der Waals surface area contributed by atoms with E-state index >= 15 is 0 Å². The van der Waals surface area contributed by atoms with Crippen LogP contribution in [0.4, 0.5) is 4.79 Å². The normalized spacial score (nSPS) is 14.2. The molecule has 8 nitrogen and oxygen atoms in total. The number of nitrogens with zero attached hydrogens (tertiary/aromatic N) is 4. The van der Waals surface area contributed by atoms with Gasteiger partial charge in [0.15, 0.2) is 0 Å². The van der Waals surface area contributed by atoms with Crippen molar-refractivity contribution >= 4 is 17.4 Å². The molecule has 2 aromatic heterocycles. The van der Waals surface area contributed by atoms with E-state index in [1.165, 1.54) is 0 Å². The van der Waals surface area contributed by atoms with Crippen molar-refractivity contribution in [2.75, 3.05) is 33.3 Å². The number of urea groups is 1. The van der Waals surface area contributed by atoms with E-state index in [9.17, 15) is 4.79 Å². The first-order valence-electron chi connectivity index (χ1n) is 10.5. The molecular formula is C23H27N5O3S. The molecule has 1 aliphatic rings. The molecule has 1 fully saturated rings. The van der Waals surface area contributed by atoms with E-state index in [2.05, 4.69) is 25.6 Å². The summed E-state index contributed by atoms with van der Waals surface area (Å²) in [7, 11) is 1.61. The Morgan fingerprint density at radius 1 is 1.16 bits per heavy atom. The summed E-state index contributed by atoms with van der Waals surface area (Å²) in [4.78, 5) is 25.6. The first-order chi connectivity index (χ1) is 15.6. The molecule has 2 amide bonds. The Morgan fingerprint density at radius 3 is 2.66 bits per heavy atom. The summed E-state index contributed by atoms with van der Waals surface area (Å²) in [5.74, 6) is 1.86. The van der Waals surface area contributed by atoms with Crippen LogP contribution in [0.15, 0.2) is 48.0 Å². The minimum Gasteiger partial charge on any atom is -0.497 e. The van der Waals surface area contributed by atoms with Gasteiger partial charge in [-0.2, -0.15) is 0 Å². The number of carbonyl (C=O) groups excluding carboxylic acids is 1. The number of carbonyl (C=O) groups is 1. The zero-order valence-corrected chi connectivity index (χ0v) is 19.1. The van der Waals surface area contributed by atoms with Crippen LogP contribution in [0, 0.1) is 6.92 Å². The number of aromatic nitrogens is 2. The second-order valence-corrected chi connectivity index (χ2v) is 8.63. The van der Waals surface area contributed by atoms with Gasteiger partial charge >= 0.3 is 6.03 Å². The SMILES string of the molecule is COc1cccc(Oc2ccc(CNC(=O)N3CCN(Cc4csc(C)n4)CC3)cn2)c1. The van der Waals surface area contributed by atoms with Gasteiger partial charge in [0, 0.05) is 63.0 Å². The Bertz CT molecular complexity index is 1030. The third kappa shape index (κ3) is 5.95. The molecule has 1 aliphatic heterocycles. The predicted molar refractivity (Wildman–Crippen MR) is 123 cm³/mol. The first kappa shape index (κ1) is 22.0. The minimum atomic E-state index is -0.0501. The van der Waals surface area contributed by atoms with Crippen LogP contribution in [-0.4, -0.2) is 59.1 Å². The van der Waals surface area contributed by atoms with Crippen molar-refractivity contribution in [1.82, 2.24) is 25.1 Å². The quantitative estimate of drug-likeness (QED) is 0.588. The second kappa shape index (κ2) is 10.4. The van der Waals surface area contributed by atoms with Gasteiger partial charge in [-0.1, -0.05) is 12.1 Å². The van der Waals surface area contributed by atoms with E-state index < -0.39 is 0 Å². The molecule has 32 heavy (non-hydrogen) atoms. The maximum absolute atomic E-state index is 12.5. The summed E-state index contributed by atoms with van der Waals surface area (Å²) < 4.78 is 11.0. The Balaban J connectivity index is 1.21. The van der Waals surface area contributed by atoms with Crippen molar-refractivity contribution in [3.63, 3.8) is 0 Å². The Kier molecular flexibility index (Phi) is 7.18. The highest BCUT2D eigenvalue weighted by atomic mass is 32.1. The number of pyridine rings is 1. The van der Waals surface area contributed by atoms with Crippen LogP contribution in [0.1, 0.15) is 16.3 Å². The third-order valence-electron chi connectivity index (χ3n) is 5.22. The Labute approximate surface area is 191 Å². The summed E-state index contributed by atoms with van der Waals surface area (Å²) in [6.45, 7) is 6.40. The monoisotopic (exact) mass is 453 g/mol. The number of piperazine rings is 1. The molecule has 0 atom stereocenters. The minimum absolute atomic E-state index is 0.0501. The number of hydrogen-bond donors (Lipinski definition) is 1. The van der Waals surface area contributed by atoms with Crippen LogP contribution in [-0.2, 0) is 13.1 Å². The molecule has 0 unspecified atom stereocenters. The molecule has 3 aromatic rings. The number of nitrogens with one attached hydrogen (secondary N) is 1. The van der Waals surface area contributed by atoms with Gasteiger partial charge in [0.2, 0.25) is 5.88 Å². The average Bonchev–Trinajstić information content (AvgIpc) is 3.23. The van der Waals surface area contributed by atoms with Crippen molar-refractivity contribution in [1.29, 1.82) is 0 Å². The van der Waals surface area contributed by atoms with Crippen LogP contribution >= 0.6 is 11.3 Å². The summed E-state index contributed by atoms with van der Waals surface area (Å²) in [5.41, 5.74) is 2.02. The zero-order chi connectivity index (χ0) is 22.3. The van der Waals surface area contributed by atoms with E-state index in [0.717, 1.165) is 41.6 Å². The molecule has 3 heterocycles. The van der Waals surface area contributed by atoms with Gasteiger partial charge in [-0.25, -0.2) is 14.8 Å². The van der Waals surface area contributed by atoms with Gasteiger partial charge in [0.05, 0.1) is 17.8 Å². The molecule has 1 aromatic carbocycles. The Morgan fingerprint density at radius 2 is 1.97 bits per heavy atom.